The van der Waals surface area contributed by atoms with Crippen molar-refractivity contribution in [3.8, 4) is 0 Å². The Kier molecular flexibility index (Phi) is 5.71. The summed E-state index contributed by atoms with van der Waals surface area (Å²) >= 11 is 0. The molecule has 0 radical (unpaired) electrons. The van der Waals surface area contributed by atoms with E-state index in [1.165, 1.54) is 12.1 Å². The standard InChI is InChI=1S/C19H23FN2O2S/c20-18-9-4-10-19(16-18)21-11-13-22(14-12-21)25(23,24)15-5-8-17-6-2-1-3-7-17/h1-4,6-7,9-10,16H,5,8,11-15H2. The van der Waals surface area contributed by atoms with Crippen LogP contribution < -0.4 is 4.90 Å². The van der Waals surface area contributed by atoms with Crippen molar-refractivity contribution in [3.63, 3.8) is 0 Å². The zero-order chi connectivity index (χ0) is 17.7. The van der Waals surface area contributed by atoms with Crippen molar-refractivity contribution >= 4 is 15.7 Å². The molecule has 1 saturated heterocycles. The lowest BCUT2D eigenvalue weighted by atomic mass is 10.1. The first-order valence-corrected chi connectivity index (χ1v) is 10.2. The van der Waals surface area contributed by atoms with Crippen LogP contribution in [0.5, 0.6) is 0 Å². The van der Waals surface area contributed by atoms with Crippen LogP contribution in [0.4, 0.5) is 10.1 Å². The van der Waals surface area contributed by atoms with Crippen LogP contribution in [0.2, 0.25) is 0 Å². The first kappa shape index (κ1) is 17.9. The fraction of sp³-hybridized carbons (Fsp3) is 0.368. The second-order valence-electron chi connectivity index (χ2n) is 6.27. The molecule has 1 aliphatic rings. The summed E-state index contributed by atoms with van der Waals surface area (Å²) < 4.78 is 39.9. The van der Waals surface area contributed by atoms with Crippen LogP contribution in [0.1, 0.15) is 12.0 Å². The Hall–Kier alpha value is -1.92. The van der Waals surface area contributed by atoms with Crippen molar-refractivity contribution in [1.82, 2.24) is 4.31 Å². The van der Waals surface area contributed by atoms with Crippen LogP contribution in [-0.2, 0) is 16.4 Å². The topological polar surface area (TPSA) is 40.6 Å². The van der Waals surface area contributed by atoms with Gasteiger partial charge in [-0.25, -0.2) is 12.8 Å². The third-order valence-electron chi connectivity index (χ3n) is 4.52. The fourth-order valence-corrected chi connectivity index (χ4v) is 4.62. The molecular weight excluding hydrogens is 339 g/mol. The number of halogens is 1. The lowest BCUT2D eigenvalue weighted by Gasteiger charge is -2.35. The van der Waals surface area contributed by atoms with Crippen LogP contribution in [0.15, 0.2) is 54.6 Å². The normalized spacial score (nSPS) is 16.1. The molecule has 0 aliphatic carbocycles. The number of aryl methyl sites for hydroxylation is 1. The van der Waals surface area contributed by atoms with E-state index in [9.17, 15) is 12.8 Å². The lowest BCUT2D eigenvalue weighted by molar-refractivity contribution is 0.384. The molecule has 2 aromatic carbocycles. The van der Waals surface area contributed by atoms with E-state index < -0.39 is 10.0 Å². The highest BCUT2D eigenvalue weighted by atomic mass is 32.2. The van der Waals surface area contributed by atoms with Crippen molar-refractivity contribution in [2.45, 2.75) is 12.8 Å². The van der Waals surface area contributed by atoms with Crippen LogP contribution in [-0.4, -0.2) is 44.7 Å². The summed E-state index contributed by atoms with van der Waals surface area (Å²) in [4.78, 5) is 2.03. The molecule has 1 fully saturated rings. The molecule has 1 heterocycles. The molecule has 1 aliphatic heterocycles. The maximum Gasteiger partial charge on any atom is 0.214 e. The number of nitrogens with zero attached hydrogens (tertiary/aromatic N) is 2. The molecule has 0 spiro atoms. The predicted octanol–water partition coefficient (Wildman–Crippen LogP) is 2.91. The Morgan fingerprint density at radius 2 is 1.64 bits per heavy atom. The molecule has 25 heavy (non-hydrogen) atoms. The van der Waals surface area contributed by atoms with Crippen molar-refractivity contribution in [1.29, 1.82) is 0 Å². The van der Waals surface area contributed by atoms with E-state index in [2.05, 4.69) is 0 Å². The van der Waals surface area contributed by atoms with Crippen LogP contribution in [0, 0.1) is 5.82 Å². The van der Waals surface area contributed by atoms with Crippen LogP contribution >= 0.6 is 0 Å². The van der Waals surface area contributed by atoms with E-state index in [1.807, 2.05) is 41.3 Å². The summed E-state index contributed by atoms with van der Waals surface area (Å²) in [7, 11) is -3.23. The number of sulfonamides is 1. The third-order valence-corrected chi connectivity index (χ3v) is 6.47. The molecule has 134 valence electrons. The molecule has 0 bridgehead atoms. The number of piperazine rings is 1. The highest BCUT2D eigenvalue weighted by Crippen LogP contribution is 2.19. The van der Waals surface area contributed by atoms with E-state index in [1.54, 1.807) is 10.4 Å². The maximum atomic E-state index is 13.3. The molecule has 6 heteroatoms. The number of benzene rings is 2. The summed E-state index contributed by atoms with van der Waals surface area (Å²) in [5.74, 6) is -0.101. The number of hydrogen-bond acceptors (Lipinski definition) is 3. The second kappa shape index (κ2) is 7.97. The van der Waals surface area contributed by atoms with Crippen molar-refractivity contribution < 1.29 is 12.8 Å². The SMILES string of the molecule is O=S(=O)(CCCc1ccccc1)N1CCN(c2cccc(F)c2)CC1. The summed E-state index contributed by atoms with van der Waals surface area (Å²) in [5.41, 5.74) is 1.97. The Morgan fingerprint density at radius 3 is 2.32 bits per heavy atom. The molecule has 0 unspecified atom stereocenters. The molecule has 3 rings (SSSR count). The van der Waals surface area contributed by atoms with Gasteiger partial charge in [-0.05, 0) is 36.6 Å². The monoisotopic (exact) mass is 362 g/mol. The van der Waals surface area contributed by atoms with Gasteiger partial charge in [0, 0.05) is 31.9 Å². The van der Waals surface area contributed by atoms with Crippen LogP contribution in [0.3, 0.4) is 0 Å². The summed E-state index contributed by atoms with van der Waals surface area (Å²) in [6.45, 7) is 2.07. The first-order valence-electron chi connectivity index (χ1n) is 8.57. The third kappa shape index (κ3) is 4.80. The van der Waals surface area contributed by atoms with Crippen molar-refractivity contribution in [3.05, 3.63) is 66.0 Å². The van der Waals surface area contributed by atoms with Gasteiger partial charge in [-0.15, -0.1) is 0 Å². The van der Waals surface area contributed by atoms with E-state index in [4.69, 9.17) is 0 Å². The summed E-state index contributed by atoms with van der Waals surface area (Å²) in [6.07, 6.45) is 1.39. The zero-order valence-electron chi connectivity index (χ0n) is 14.1. The van der Waals surface area contributed by atoms with Crippen LogP contribution in [0.25, 0.3) is 0 Å². The van der Waals surface area contributed by atoms with Gasteiger partial charge in [0.2, 0.25) is 10.0 Å². The van der Waals surface area contributed by atoms with Gasteiger partial charge in [0.1, 0.15) is 5.82 Å². The quantitative estimate of drug-likeness (QED) is 0.793. The minimum absolute atomic E-state index is 0.169. The minimum Gasteiger partial charge on any atom is -0.369 e. The molecule has 4 nitrogen and oxygen atoms in total. The number of rotatable bonds is 6. The maximum absolute atomic E-state index is 13.3. The van der Waals surface area contributed by atoms with Crippen molar-refractivity contribution in [2.75, 3.05) is 36.8 Å². The number of anilines is 1. The van der Waals surface area contributed by atoms with Gasteiger partial charge in [0.25, 0.3) is 0 Å². The van der Waals surface area contributed by atoms with Gasteiger partial charge in [-0.2, -0.15) is 4.31 Å². The summed E-state index contributed by atoms with van der Waals surface area (Å²) in [5, 5.41) is 0. The average molecular weight is 362 g/mol. The van der Waals surface area contributed by atoms with E-state index in [0.717, 1.165) is 17.7 Å². The molecule has 0 amide bonds. The Labute approximate surface area is 148 Å². The zero-order valence-corrected chi connectivity index (χ0v) is 15.0. The highest BCUT2D eigenvalue weighted by molar-refractivity contribution is 7.89. The Balaban J connectivity index is 1.51. The average Bonchev–Trinajstić information content (AvgIpc) is 2.63. The molecule has 0 aromatic heterocycles. The Bertz CT molecular complexity index is 788. The predicted molar refractivity (Wildman–Crippen MR) is 98.7 cm³/mol. The van der Waals surface area contributed by atoms with E-state index in [0.29, 0.717) is 32.6 Å². The van der Waals surface area contributed by atoms with E-state index in [-0.39, 0.29) is 11.6 Å². The lowest BCUT2D eigenvalue weighted by Crippen LogP contribution is -2.49. The molecule has 0 atom stereocenters. The number of hydrogen-bond donors (Lipinski definition) is 0. The van der Waals surface area contributed by atoms with Gasteiger partial charge in [-0.3, -0.25) is 0 Å². The van der Waals surface area contributed by atoms with Gasteiger partial charge >= 0.3 is 0 Å². The first-order chi connectivity index (χ1) is 12.0. The second-order valence-corrected chi connectivity index (χ2v) is 8.36. The fourth-order valence-electron chi connectivity index (χ4n) is 3.13. The smallest absolute Gasteiger partial charge is 0.214 e. The van der Waals surface area contributed by atoms with Gasteiger partial charge in [0.15, 0.2) is 0 Å². The van der Waals surface area contributed by atoms with Gasteiger partial charge in [-0.1, -0.05) is 36.4 Å². The van der Waals surface area contributed by atoms with Gasteiger partial charge in [0.05, 0.1) is 5.75 Å². The molecule has 2 aromatic rings. The minimum atomic E-state index is -3.23. The molecule has 0 saturated carbocycles. The van der Waals surface area contributed by atoms with Gasteiger partial charge < -0.3 is 4.90 Å². The largest absolute Gasteiger partial charge is 0.369 e. The van der Waals surface area contributed by atoms with E-state index >= 15 is 0 Å². The highest BCUT2D eigenvalue weighted by Gasteiger charge is 2.26. The Morgan fingerprint density at radius 1 is 0.920 bits per heavy atom. The van der Waals surface area contributed by atoms with Crippen molar-refractivity contribution in [2.24, 2.45) is 0 Å². The molecule has 0 N–H and O–H groups in total. The molecular formula is C19H23FN2O2S. The summed E-state index contributed by atoms with van der Waals surface area (Å²) in [6, 6.07) is 16.4.